The molecule has 3 nitrogen and oxygen atoms in total. The Morgan fingerprint density at radius 1 is 1.12 bits per heavy atom. The summed E-state index contributed by atoms with van der Waals surface area (Å²) in [4.78, 5) is 25.0. The van der Waals surface area contributed by atoms with E-state index in [1.54, 1.807) is 18.1 Å². The highest BCUT2D eigenvalue weighted by Gasteiger charge is 2.54. The number of thiophene rings is 1. The average molecular weight is 385 g/mol. The van der Waals surface area contributed by atoms with Gasteiger partial charge in [0.05, 0.1) is 5.75 Å². The molecular formula is C21H24N2OS2. The molecule has 0 aromatic carbocycles. The third-order valence-electron chi connectivity index (χ3n) is 7.44. The number of carbonyl (C=O) groups excluding carboxylic acids is 1. The van der Waals surface area contributed by atoms with Gasteiger partial charge in [-0.25, -0.2) is 9.97 Å². The van der Waals surface area contributed by atoms with Crippen molar-refractivity contribution in [2.45, 2.75) is 62.8 Å². The van der Waals surface area contributed by atoms with Crippen molar-refractivity contribution in [3.63, 3.8) is 0 Å². The molecular weight excluding hydrogens is 360 g/mol. The first-order chi connectivity index (χ1) is 12.7. The number of nitrogens with zero attached hydrogens (tertiary/aromatic N) is 2. The van der Waals surface area contributed by atoms with Gasteiger partial charge in [-0.1, -0.05) is 11.8 Å². The van der Waals surface area contributed by atoms with Crippen LogP contribution in [0.4, 0.5) is 0 Å². The maximum Gasteiger partial charge on any atom is 0.149 e. The molecule has 0 unspecified atom stereocenters. The highest BCUT2D eigenvalue weighted by Crippen LogP contribution is 2.60. The molecule has 136 valence electrons. The lowest BCUT2D eigenvalue weighted by molar-refractivity contribution is -0.141. The zero-order chi connectivity index (χ0) is 17.3. The Hall–Kier alpha value is -0.940. The summed E-state index contributed by atoms with van der Waals surface area (Å²) in [5.74, 6) is 3.62. The second-order valence-corrected chi connectivity index (χ2v) is 11.2. The van der Waals surface area contributed by atoms with Crippen molar-refractivity contribution in [2.24, 2.45) is 23.2 Å². The monoisotopic (exact) mass is 384 g/mol. The normalized spacial score (nSPS) is 34.5. The molecule has 7 rings (SSSR count). The molecule has 0 N–H and O–H groups in total. The number of aromatic nitrogens is 2. The van der Waals surface area contributed by atoms with Crippen molar-refractivity contribution in [1.29, 1.82) is 0 Å². The molecule has 26 heavy (non-hydrogen) atoms. The minimum absolute atomic E-state index is 0.0183. The Bertz CT molecular complexity index is 868. The molecule has 0 saturated heterocycles. The van der Waals surface area contributed by atoms with Crippen LogP contribution in [-0.4, -0.2) is 21.5 Å². The van der Waals surface area contributed by atoms with E-state index in [9.17, 15) is 4.79 Å². The van der Waals surface area contributed by atoms with Crippen LogP contribution in [0.25, 0.3) is 10.2 Å². The summed E-state index contributed by atoms with van der Waals surface area (Å²) in [6, 6.07) is 0. The van der Waals surface area contributed by atoms with Crippen LogP contribution in [0.15, 0.2) is 11.4 Å². The third-order valence-corrected chi connectivity index (χ3v) is 9.63. The number of Topliss-reactive ketones (excluding diaryl/α,β-unsaturated/α-hetero) is 1. The number of rotatable bonds is 4. The maximum atomic E-state index is 13.3. The van der Waals surface area contributed by atoms with Crippen LogP contribution in [0.1, 0.15) is 55.4 Å². The number of carbonyl (C=O) groups is 1. The number of ketones is 1. The van der Waals surface area contributed by atoms with E-state index in [-0.39, 0.29) is 5.41 Å². The van der Waals surface area contributed by atoms with Crippen molar-refractivity contribution in [3.05, 3.63) is 16.8 Å². The Balaban J connectivity index is 1.26. The largest absolute Gasteiger partial charge is 0.298 e. The van der Waals surface area contributed by atoms with Crippen LogP contribution >= 0.6 is 23.1 Å². The number of fused-ring (bicyclic) bond motifs is 3. The fourth-order valence-electron chi connectivity index (χ4n) is 6.75. The summed E-state index contributed by atoms with van der Waals surface area (Å²) in [7, 11) is 0. The zero-order valence-corrected chi connectivity index (χ0v) is 16.6. The number of hydrogen-bond donors (Lipinski definition) is 0. The van der Waals surface area contributed by atoms with Crippen LogP contribution in [0.3, 0.4) is 0 Å². The maximum absolute atomic E-state index is 13.3. The van der Waals surface area contributed by atoms with Gasteiger partial charge >= 0.3 is 0 Å². The first kappa shape index (κ1) is 16.1. The van der Waals surface area contributed by atoms with E-state index in [4.69, 9.17) is 0 Å². The SMILES string of the molecule is O=C(CSc1ncnc2sc3c(c12)CCC3)C12CC3CC(CC(C3)C1)C2. The molecule has 0 atom stereocenters. The van der Waals surface area contributed by atoms with Crippen molar-refractivity contribution in [3.8, 4) is 0 Å². The molecule has 5 aliphatic carbocycles. The van der Waals surface area contributed by atoms with Crippen LogP contribution in [-0.2, 0) is 17.6 Å². The molecule has 0 radical (unpaired) electrons. The standard InChI is InChI=1S/C21H24N2OS2/c24-17(21-7-12-4-13(8-21)6-14(5-12)9-21)10-25-19-18-15-2-1-3-16(15)26-20(18)23-11-22-19/h11-14H,1-10H2. The fraction of sp³-hybridized carbons (Fsp3) is 0.667. The van der Waals surface area contributed by atoms with Crippen LogP contribution in [0.5, 0.6) is 0 Å². The molecule has 2 heterocycles. The molecule has 4 saturated carbocycles. The predicted molar refractivity (Wildman–Crippen MR) is 106 cm³/mol. The summed E-state index contributed by atoms with van der Waals surface area (Å²) in [5.41, 5.74) is 1.49. The van der Waals surface area contributed by atoms with Gasteiger partial charge in [-0.05, 0) is 81.1 Å². The molecule has 0 amide bonds. The van der Waals surface area contributed by atoms with E-state index in [2.05, 4.69) is 9.97 Å². The van der Waals surface area contributed by atoms with Gasteiger partial charge < -0.3 is 0 Å². The van der Waals surface area contributed by atoms with E-state index in [1.165, 1.54) is 67.2 Å². The number of aryl methyl sites for hydroxylation is 2. The number of hydrogen-bond acceptors (Lipinski definition) is 5. The molecule has 0 aliphatic heterocycles. The average Bonchev–Trinajstić information content (AvgIpc) is 3.19. The Morgan fingerprint density at radius 3 is 2.58 bits per heavy atom. The van der Waals surface area contributed by atoms with E-state index < -0.39 is 0 Å². The van der Waals surface area contributed by atoms with Crippen molar-refractivity contribution >= 4 is 39.1 Å². The Labute approximate surface area is 162 Å². The van der Waals surface area contributed by atoms with Gasteiger partial charge in [-0.15, -0.1) is 11.3 Å². The van der Waals surface area contributed by atoms with E-state index in [0.717, 1.165) is 34.0 Å². The summed E-state index contributed by atoms with van der Waals surface area (Å²) in [5, 5.41) is 2.31. The lowest BCUT2D eigenvalue weighted by Crippen LogP contribution is -2.50. The van der Waals surface area contributed by atoms with Gasteiger partial charge in [0.1, 0.15) is 22.0 Å². The van der Waals surface area contributed by atoms with E-state index in [1.807, 2.05) is 11.3 Å². The van der Waals surface area contributed by atoms with E-state index >= 15 is 0 Å². The van der Waals surface area contributed by atoms with E-state index in [0.29, 0.717) is 11.5 Å². The van der Waals surface area contributed by atoms with Crippen LogP contribution < -0.4 is 0 Å². The lowest BCUT2D eigenvalue weighted by atomic mass is 9.48. The molecule has 4 fully saturated rings. The van der Waals surface area contributed by atoms with Gasteiger partial charge in [0.25, 0.3) is 0 Å². The lowest BCUT2D eigenvalue weighted by Gasteiger charge is -2.56. The van der Waals surface area contributed by atoms with Crippen molar-refractivity contribution in [1.82, 2.24) is 9.97 Å². The van der Waals surface area contributed by atoms with Crippen LogP contribution in [0.2, 0.25) is 0 Å². The Kier molecular flexibility index (Phi) is 3.57. The smallest absolute Gasteiger partial charge is 0.149 e. The number of thioether (sulfide) groups is 1. The van der Waals surface area contributed by atoms with Gasteiger partial charge in [0.15, 0.2) is 0 Å². The second-order valence-electron chi connectivity index (χ2n) is 9.13. The Morgan fingerprint density at radius 2 is 1.85 bits per heavy atom. The molecule has 0 spiro atoms. The van der Waals surface area contributed by atoms with Crippen LogP contribution in [0, 0.1) is 23.2 Å². The van der Waals surface area contributed by atoms with Gasteiger partial charge in [0, 0.05) is 15.7 Å². The summed E-state index contributed by atoms with van der Waals surface area (Å²) in [6.45, 7) is 0. The van der Waals surface area contributed by atoms with Gasteiger partial charge in [-0.2, -0.15) is 0 Å². The molecule has 5 heteroatoms. The first-order valence-corrected chi connectivity index (χ1v) is 11.9. The third kappa shape index (κ3) is 2.35. The highest BCUT2D eigenvalue weighted by atomic mass is 32.2. The second kappa shape index (κ2) is 5.78. The van der Waals surface area contributed by atoms with Crippen molar-refractivity contribution in [2.75, 3.05) is 5.75 Å². The fourth-order valence-corrected chi connectivity index (χ4v) is 9.10. The van der Waals surface area contributed by atoms with Crippen molar-refractivity contribution < 1.29 is 4.79 Å². The highest BCUT2D eigenvalue weighted by molar-refractivity contribution is 8.00. The quantitative estimate of drug-likeness (QED) is 0.546. The minimum Gasteiger partial charge on any atom is -0.298 e. The summed E-state index contributed by atoms with van der Waals surface area (Å²) < 4.78 is 0. The summed E-state index contributed by atoms with van der Waals surface area (Å²) in [6.07, 6.45) is 13.0. The molecule has 2 aromatic rings. The molecule has 4 bridgehead atoms. The molecule has 2 aromatic heterocycles. The topological polar surface area (TPSA) is 42.9 Å². The van der Waals surface area contributed by atoms with Gasteiger partial charge in [0.2, 0.25) is 0 Å². The minimum atomic E-state index is 0.0183. The molecule has 5 aliphatic rings. The first-order valence-electron chi connectivity index (χ1n) is 10.1. The zero-order valence-electron chi connectivity index (χ0n) is 15.0. The van der Waals surface area contributed by atoms with Gasteiger partial charge in [-0.3, -0.25) is 4.79 Å². The summed E-state index contributed by atoms with van der Waals surface area (Å²) >= 11 is 3.52. The predicted octanol–water partition coefficient (Wildman–Crippen LogP) is 5.06.